The van der Waals surface area contributed by atoms with Gasteiger partial charge in [0.05, 0.1) is 11.2 Å². The minimum Gasteiger partial charge on any atom is -0.267 e. The van der Waals surface area contributed by atoms with Crippen LogP contribution in [0.5, 0.6) is 0 Å². The van der Waals surface area contributed by atoms with Crippen LogP contribution in [0, 0.1) is 5.82 Å². The number of nitrogens with zero attached hydrogens (tertiary/aromatic N) is 2. The third-order valence-corrected chi connectivity index (χ3v) is 4.23. The molecule has 19 heavy (non-hydrogen) atoms. The normalized spacial score (nSPS) is 11.1. The van der Waals surface area contributed by atoms with Crippen LogP contribution in [0.2, 0.25) is 0 Å². The van der Waals surface area contributed by atoms with Crippen LogP contribution >= 0.6 is 23.1 Å². The molecule has 0 unspecified atom stereocenters. The maximum absolute atomic E-state index is 13.3. The topological polar surface area (TPSA) is 34.9 Å². The molecule has 1 aromatic carbocycles. The SMILES string of the molecule is CSc1nc2ccsc2c(=O)n1-c1cccc(F)c1. The number of rotatable bonds is 2. The van der Waals surface area contributed by atoms with Gasteiger partial charge in [0.25, 0.3) is 5.56 Å². The summed E-state index contributed by atoms with van der Waals surface area (Å²) in [5.74, 6) is -0.372. The molecule has 0 amide bonds. The zero-order valence-electron chi connectivity index (χ0n) is 9.96. The van der Waals surface area contributed by atoms with Gasteiger partial charge in [-0.15, -0.1) is 11.3 Å². The van der Waals surface area contributed by atoms with E-state index in [0.29, 0.717) is 21.1 Å². The second-order valence-corrected chi connectivity index (χ2v) is 5.54. The van der Waals surface area contributed by atoms with E-state index in [0.717, 1.165) is 0 Å². The first-order valence-electron chi connectivity index (χ1n) is 5.51. The molecular formula is C13H9FN2OS2. The van der Waals surface area contributed by atoms with Crippen molar-refractivity contribution in [2.24, 2.45) is 0 Å². The van der Waals surface area contributed by atoms with Gasteiger partial charge in [0.15, 0.2) is 5.16 Å². The number of fused-ring (bicyclic) bond motifs is 1. The molecule has 6 heteroatoms. The summed E-state index contributed by atoms with van der Waals surface area (Å²) in [6.07, 6.45) is 1.84. The van der Waals surface area contributed by atoms with Crippen LogP contribution in [-0.4, -0.2) is 15.8 Å². The van der Waals surface area contributed by atoms with E-state index in [2.05, 4.69) is 4.98 Å². The van der Waals surface area contributed by atoms with Crippen molar-refractivity contribution in [2.75, 3.05) is 6.26 Å². The number of benzene rings is 1. The number of hydrogen-bond donors (Lipinski definition) is 0. The minimum atomic E-state index is -0.372. The average molecular weight is 292 g/mol. The van der Waals surface area contributed by atoms with Crippen LogP contribution in [-0.2, 0) is 0 Å². The second-order valence-electron chi connectivity index (χ2n) is 3.85. The van der Waals surface area contributed by atoms with E-state index in [4.69, 9.17) is 0 Å². The highest BCUT2D eigenvalue weighted by Crippen LogP contribution is 2.22. The summed E-state index contributed by atoms with van der Waals surface area (Å²) in [6.45, 7) is 0. The van der Waals surface area contributed by atoms with Crippen molar-refractivity contribution < 1.29 is 4.39 Å². The first-order valence-corrected chi connectivity index (χ1v) is 7.61. The Morgan fingerprint density at radius 1 is 1.37 bits per heavy atom. The van der Waals surface area contributed by atoms with Crippen LogP contribution in [0.1, 0.15) is 0 Å². The first-order chi connectivity index (χ1) is 9.20. The number of thiophene rings is 1. The Morgan fingerprint density at radius 3 is 2.95 bits per heavy atom. The van der Waals surface area contributed by atoms with E-state index in [1.165, 1.54) is 39.8 Å². The molecule has 0 saturated carbocycles. The van der Waals surface area contributed by atoms with Gasteiger partial charge in [-0.1, -0.05) is 17.8 Å². The fourth-order valence-corrected chi connectivity index (χ4v) is 3.19. The van der Waals surface area contributed by atoms with Gasteiger partial charge in [0, 0.05) is 0 Å². The van der Waals surface area contributed by atoms with Crippen molar-refractivity contribution in [3.8, 4) is 5.69 Å². The molecule has 2 aromatic heterocycles. The summed E-state index contributed by atoms with van der Waals surface area (Å²) < 4.78 is 15.4. The average Bonchev–Trinajstić information content (AvgIpc) is 2.87. The molecule has 0 aliphatic heterocycles. The molecule has 3 nitrogen and oxygen atoms in total. The summed E-state index contributed by atoms with van der Waals surface area (Å²) in [5, 5.41) is 2.39. The van der Waals surface area contributed by atoms with Gasteiger partial charge in [-0.05, 0) is 35.9 Å². The lowest BCUT2D eigenvalue weighted by Crippen LogP contribution is -2.20. The van der Waals surface area contributed by atoms with Crippen molar-refractivity contribution in [1.82, 2.24) is 9.55 Å². The molecule has 2 heterocycles. The Hall–Kier alpha value is -1.66. The Bertz CT molecular complexity index is 810. The highest BCUT2D eigenvalue weighted by atomic mass is 32.2. The van der Waals surface area contributed by atoms with Crippen LogP contribution in [0.25, 0.3) is 15.9 Å². The molecule has 0 N–H and O–H groups in total. The van der Waals surface area contributed by atoms with Crippen molar-refractivity contribution in [3.05, 3.63) is 51.9 Å². The first kappa shape index (κ1) is 12.4. The summed E-state index contributed by atoms with van der Waals surface area (Å²) in [5.41, 5.74) is 1.03. The fraction of sp³-hybridized carbons (Fsp3) is 0.0769. The Labute approximate surface area is 116 Å². The van der Waals surface area contributed by atoms with Gasteiger partial charge in [0.2, 0.25) is 0 Å². The van der Waals surface area contributed by atoms with Gasteiger partial charge in [-0.2, -0.15) is 0 Å². The zero-order valence-corrected chi connectivity index (χ0v) is 11.6. The molecule has 0 atom stereocenters. The molecule has 0 radical (unpaired) electrons. The van der Waals surface area contributed by atoms with Gasteiger partial charge in [-0.25, -0.2) is 9.37 Å². The number of halogens is 1. The van der Waals surface area contributed by atoms with Crippen LogP contribution in [0.4, 0.5) is 4.39 Å². The van der Waals surface area contributed by atoms with E-state index >= 15 is 0 Å². The molecule has 0 fully saturated rings. The lowest BCUT2D eigenvalue weighted by molar-refractivity contribution is 0.625. The van der Waals surface area contributed by atoms with E-state index in [9.17, 15) is 9.18 Å². The molecule has 3 aromatic rings. The Kier molecular flexibility index (Phi) is 3.12. The van der Waals surface area contributed by atoms with Crippen molar-refractivity contribution >= 4 is 33.3 Å². The van der Waals surface area contributed by atoms with E-state index in [1.807, 2.05) is 17.7 Å². The summed E-state index contributed by atoms with van der Waals surface area (Å²) in [4.78, 5) is 16.9. The maximum Gasteiger partial charge on any atom is 0.276 e. The van der Waals surface area contributed by atoms with E-state index < -0.39 is 0 Å². The lowest BCUT2D eigenvalue weighted by Gasteiger charge is -2.10. The van der Waals surface area contributed by atoms with Crippen LogP contribution in [0.3, 0.4) is 0 Å². The Morgan fingerprint density at radius 2 is 2.21 bits per heavy atom. The highest BCUT2D eigenvalue weighted by molar-refractivity contribution is 7.98. The van der Waals surface area contributed by atoms with Gasteiger partial charge in [0.1, 0.15) is 10.5 Å². The molecule has 0 bridgehead atoms. The third kappa shape index (κ3) is 2.06. The molecule has 0 saturated heterocycles. The number of aromatic nitrogens is 2. The van der Waals surface area contributed by atoms with Crippen molar-refractivity contribution in [1.29, 1.82) is 0 Å². The summed E-state index contributed by atoms with van der Waals surface area (Å²) >= 11 is 2.71. The molecule has 0 aliphatic carbocycles. The zero-order chi connectivity index (χ0) is 13.4. The van der Waals surface area contributed by atoms with Crippen molar-refractivity contribution in [2.45, 2.75) is 5.16 Å². The summed E-state index contributed by atoms with van der Waals surface area (Å²) in [7, 11) is 0. The lowest BCUT2D eigenvalue weighted by atomic mass is 10.3. The van der Waals surface area contributed by atoms with Gasteiger partial charge in [-0.3, -0.25) is 9.36 Å². The third-order valence-electron chi connectivity index (χ3n) is 2.70. The van der Waals surface area contributed by atoms with Crippen molar-refractivity contribution in [3.63, 3.8) is 0 Å². The standard InChI is InChI=1S/C13H9FN2OS2/c1-18-13-15-10-5-6-19-11(10)12(17)16(13)9-4-2-3-8(14)7-9/h2-7H,1H3. The molecule has 0 spiro atoms. The molecule has 3 rings (SSSR count). The molecular weight excluding hydrogens is 283 g/mol. The van der Waals surface area contributed by atoms with Crippen LogP contribution in [0.15, 0.2) is 45.7 Å². The quantitative estimate of drug-likeness (QED) is 0.537. The predicted octanol–water partition coefficient (Wildman–Crippen LogP) is 3.31. The number of hydrogen-bond acceptors (Lipinski definition) is 4. The van der Waals surface area contributed by atoms with Crippen LogP contribution < -0.4 is 5.56 Å². The number of thioether (sulfide) groups is 1. The minimum absolute atomic E-state index is 0.157. The molecule has 96 valence electrons. The Balaban J connectivity index is 2.38. The van der Waals surface area contributed by atoms with Gasteiger partial charge >= 0.3 is 0 Å². The maximum atomic E-state index is 13.3. The fourth-order valence-electron chi connectivity index (χ4n) is 1.87. The van der Waals surface area contributed by atoms with E-state index in [-0.39, 0.29) is 11.4 Å². The monoisotopic (exact) mass is 292 g/mol. The molecule has 0 aliphatic rings. The second kappa shape index (κ2) is 4.79. The summed E-state index contributed by atoms with van der Waals surface area (Å²) in [6, 6.07) is 7.79. The van der Waals surface area contributed by atoms with E-state index in [1.54, 1.807) is 12.1 Å². The highest BCUT2D eigenvalue weighted by Gasteiger charge is 2.13. The largest absolute Gasteiger partial charge is 0.276 e. The smallest absolute Gasteiger partial charge is 0.267 e. The van der Waals surface area contributed by atoms with Gasteiger partial charge < -0.3 is 0 Å². The predicted molar refractivity (Wildman–Crippen MR) is 77.0 cm³/mol.